The number of rotatable bonds is 4. The Bertz CT molecular complexity index is 235. The van der Waals surface area contributed by atoms with Crippen molar-refractivity contribution < 1.29 is 14.3 Å². The van der Waals surface area contributed by atoms with Crippen LogP contribution in [0.5, 0.6) is 0 Å². The highest BCUT2D eigenvalue weighted by molar-refractivity contribution is 9.10. The summed E-state index contributed by atoms with van der Waals surface area (Å²) in [4.78, 5) is 21.5. The number of methoxy groups -OCH3 is 1. The summed E-state index contributed by atoms with van der Waals surface area (Å²) in [6.07, 6.45) is 0.473. The molecule has 1 amide bonds. The third kappa shape index (κ3) is 3.26. The van der Waals surface area contributed by atoms with Crippen LogP contribution in [-0.4, -0.2) is 42.9 Å². The SMILES string of the molecule is COC(=O)C(Br)CNC1CNC(=O)C1. The predicted molar refractivity (Wildman–Crippen MR) is 54.1 cm³/mol. The lowest BCUT2D eigenvalue weighted by Crippen LogP contribution is -2.37. The summed E-state index contributed by atoms with van der Waals surface area (Å²) in [7, 11) is 1.34. The van der Waals surface area contributed by atoms with Crippen LogP contribution < -0.4 is 10.6 Å². The molecule has 0 bridgehead atoms. The van der Waals surface area contributed by atoms with Crippen molar-refractivity contribution >= 4 is 27.8 Å². The monoisotopic (exact) mass is 264 g/mol. The van der Waals surface area contributed by atoms with E-state index in [1.165, 1.54) is 7.11 Å². The highest BCUT2D eigenvalue weighted by Crippen LogP contribution is 2.03. The van der Waals surface area contributed by atoms with Gasteiger partial charge in [0, 0.05) is 25.6 Å². The minimum atomic E-state index is -0.358. The van der Waals surface area contributed by atoms with Gasteiger partial charge in [0.2, 0.25) is 5.91 Å². The van der Waals surface area contributed by atoms with Gasteiger partial charge in [-0.3, -0.25) is 9.59 Å². The topological polar surface area (TPSA) is 67.4 Å². The molecule has 2 unspecified atom stereocenters. The molecule has 5 nitrogen and oxygen atoms in total. The zero-order valence-corrected chi connectivity index (χ0v) is 9.46. The minimum Gasteiger partial charge on any atom is -0.468 e. The zero-order chi connectivity index (χ0) is 10.6. The molecule has 0 aliphatic carbocycles. The minimum absolute atomic E-state index is 0.0479. The third-order valence-electron chi connectivity index (χ3n) is 2.02. The molecule has 1 fully saturated rings. The summed E-state index contributed by atoms with van der Waals surface area (Å²) in [6, 6.07) is 0.118. The van der Waals surface area contributed by atoms with Crippen molar-refractivity contribution in [1.29, 1.82) is 0 Å². The molecule has 6 heteroatoms. The molecule has 14 heavy (non-hydrogen) atoms. The van der Waals surface area contributed by atoms with Crippen LogP contribution in [0.4, 0.5) is 0 Å². The smallest absolute Gasteiger partial charge is 0.320 e. The molecule has 2 N–H and O–H groups in total. The van der Waals surface area contributed by atoms with E-state index < -0.39 is 0 Å². The fourth-order valence-electron chi connectivity index (χ4n) is 1.23. The molecule has 0 spiro atoms. The van der Waals surface area contributed by atoms with Gasteiger partial charge in [-0.1, -0.05) is 15.9 Å². The predicted octanol–water partition coefficient (Wildman–Crippen LogP) is -0.599. The van der Waals surface area contributed by atoms with Crippen LogP contribution in [0.1, 0.15) is 6.42 Å². The standard InChI is InChI=1S/C8H13BrN2O3/c1-14-8(13)6(9)4-10-5-2-7(12)11-3-5/h5-6,10H,2-4H2,1H3,(H,11,12). The van der Waals surface area contributed by atoms with Crippen LogP contribution in [0.2, 0.25) is 0 Å². The van der Waals surface area contributed by atoms with Crippen molar-refractivity contribution in [2.45, 2.75) is 17.3 Å². The lowest BCUT2D eigenvalue weighted by molar-refractivity contribution is -0.139. The molecule has 1 heterocycles. The van der Waals surface area contributed by atoms with Crippen LogP contribution in [0.3, 0.4) is 0 Å². The molecule has 2 atom stereocenters. The first-order chi connectivity index (χ1) is 6.63. The Balaban J connectivity index is 2.20. The normalized spacial score (nSPS) is 23.0. The van der Waals surface area contributed by atoms with E-state index in [9.17, 15) is 9.59 Å². The number of hydrogen-bond donors (Lipinski definition) is 2. The first-order valence-corrected chi connectivity index (χ1v) is 5.27. The molecule has 0 radical (unpaired) electrons. The molecule has 1 rings (SSSR count). The van der Waals surface area contributed by atoms with E-state index >= 15 is 0 Å². The van der Waals surface area contributed by atoms with Crippen molar-refractivity contribution in [2.24, 2.45) is 0 Å². The Morgan fingerprint density at radius 2 is 2.57 bits per heavy atom. The molecule has 1 aliphatic rings. The molecule has 1 saturated heterocycles. The van der Waals surface area contributed by atoms with Gasteiger partial charge in [0.15, 0.2) is 0 Å². The fraction of sp³-hybridized carbons (Fsp3) is 0.750. The number of halogens is 1. The lowest BCUT2D eigenvalue weighted by Gasteiger charge is -2.12. The van der Waals surface area contributed by atoms with Crippen LogP contribution in [0, 0.1) is 0 Å². The second-order valence-corrected chi connectivity index (χ2v) is 4.21. The first-order valence-electron chi connectivity index (χ1n) is 4.35. The second kappa shape index (κ2) is 5.31. The average Bonchev–Trinajstić information content (AvgIpc) is 2.59. The third-order valence-corrected chi connectivity index (χ3v) is 2.72. The van der Waals surface area contributed by atoms with Gasteiger partial charge in [-0.2, -0.15) is 0 Å². The van der Waals surface area contributed by atoms with E-state index in [1.54, 1.807) is 0 Å². The molecule has 1 aliphatic heterocycles. The Morgan fingerprint density at radius 3 is 3.07 bits per heavy atom. The fourth-order valence-corrected chi connectivity index (χ4v) is 1.60. The van der Waals surface area contributed by atoms with Crippen molar-refractivity contribution in [3.63, 3.8) is 0 Å². The number of carbonyl (C=O) groups is 2. The molecule has 0 aromatic rings. The van der Waals surface area contributed by atoms with E-state index in [4.69, 9.17) is 0 Å². The Kier molecular flexibility index (Phi) is 4.34. The van der Waals surface area contributed by atoms with Crippen molar-refractivity contribution in [2.75, 3.05) is 20.2 Å². The maximum atomic E-state index is 11.0. The maximum Gasteiger partial charge on any atom is 0.320 e. The Hall–Kier alpha value is -0.620. The highest BCUT2D eigenvalue weighted by atomic mass is 79.9. The second-order valence-electron chi connectivity index (χ2n) is 3.10. The summed E-state index contributed by atoms with van der Waals surface area (Å²) in [5.74, 6) is -0.263. The van der Waals surface area contributed by atoms with Crippen molar-refractivity contribution in [1.82, 2.24) is 10.6 Å². The Labute approximate surface area is 90.7 Å². The van der Waals surface area contributed by atoms with E-state index in [-0.39, 0.29) is 22.7 Å². The number of ether oxygens (including phenoxy) is 1. The molecule has 0 aromatic carbocycles. The summed E-state index contributed by atoms with van der Waals surface area (Å²) >= 11 is 3.18. The number of hydrogen-bond acceptors (Lipinski definition) is 4. The van der Waals surface area contributed by atoms with Crippen LogP contribution >= 0.6 is 15.9 Å². The number of carbonyl (C=O) groups excluding carboxylic acids is 2. The molecule has 0 aromatic heterocycles. The van der Waals surface area contributed by atoms with E-state index in [0.29, 0.717) is 19.5 Å². The first kappa shape index (κ1) is 11.5. The lowest BCUT2D eigenvalue weighted by atomic mass is 10.2. The zero-order valence-electron chi connectivity index (χ0n) is 7.88. The molecule has 80 valence electrons. The van der Waals surface area contributed by atoms with Gasteiger partial charge in [-0.25, -0.2) is 0 Å². The number of nitrogens with one attached hydrogen (secondary N) is 2. The largest absolute Gasteiger partial charge is 0.468 e. The van der Waals surface area contributed by atoms with Gasteiger partial charge in [0.25, 0.3) is 0 Å². The van der Waals surface area contributed by atoms with Crippen molar-refractivity contribution in [3.8, 4) is 0 Å². The molecular formula is C8H13BrN2O3. The van der Waals surface area contributed by atoms with E-state index in [2.05, 4.69) is 31.3 Å². The maximum absolute atomic E-state index is 11.0. The van der Waals surface area contributed by atoms with Gasteiger partial charge < -0.3 is 15.4 Å². The van der Waals surface area contributed by atoms with Gasteiger partial charge in [0.1, 0.15) is 4.83 Å². The summed E-state index contributed by atoms with van der Waals surface area (Å²) < 4.78 is 4.54. The molecular weight excluding hydrogens is 252 g/mol. The van der Waals surface area contributed by atoms with E-state index in [0.717, 1.165) is 0 Å². The number of esters is 1. The van der Waals surface area contributed by atoms with Crippen molar-refractivity contribution in [3.05, 3.63) is 0 Å². The number of alkyl halides is 1. The van der Waals surface area contributed by atoms with Gasteiger partial charge in [-0.15, -0.1) is 0 Å². The summed E-state index contributed by atoms with van der Waals surface area (Å²) in [5, 5.41) is 5.80. The van der Waals surface area contributed by atoms with Crippen LogP contribution in [-0.2, 0) is 14.3 Å². The van der Waals surface area contributed by atoms with Gasteiger partial charge >= 0.3 is 5.97 Å². The van der Waals surface area contributed by atoms with Gasteiger partial charge in [0.05, 0.1) is 7.11 Å². The van der Waals surface area contributed by atoms with Crippen LogP contribution in [0.25, 0.3) is 0 Å². The quantitative estimate of drug-likeness (QED) is 0.526. The highest BCUT2D eigenvalue weighted by Gasteiger charge is 2.23. The average molecular weight is 265 g/mol. The summed E-state index contributed by atoms with van der Waals surface area (Å²) in [5.41, 5.74) is 0. The van der Waals surface area contributed by atoms with Gasteiger partial charge in [-0.05, 0) is 0 Å². The Morgan fingerprint density at radius 1 is 1.86 bits per heavy atom. The molecule has 0 saturated carbocycles. The van der Waals surface area contributed by atoms with E-state index in [1.807, 2.05) is 0 Å². The summed E-state index contributed by atoms with van der Waals surface area (Å²) in [6.45, 7) is 1.09. The number of amides is 1. The van der Waals surface area contributed by atoms with Crippen LogP contribution in [0.15, 0.2) is 0 Å².